The summed E-state index contributed by atoms with van der Waals surface area (Å²) in [6, 6.07) is 7.63. The molecule has 0 saturated carbocycles. The number of nitrogens with one attached hydrogen (secondary N) is 2. The zero-order chi connectivity index (χ0) is 18.7. The average Bonchev–Trinajstić information content (AvgIpc) is 3.09. The molecule has 1 aliphatic carbocycles. The smallest absolute Gasteiger partial charge is 0.229 e. The van der Waals surface area contributed by atoms with Crippen molar-refractivity contribution in [1.82, 2.24) is 4.98 Å². The van der Waals surface area contributed by atoms with E-state index in [0.29, 0.717) is 35.2 Å². The molecule has 1 aromatic heterocycles. The van der Waals surface area contributed by atoms with Gasteiger partial charge in [0.25, 0.3) is 0 Å². The van der Waals surface area contributed by atoms with E-state index in [1.54, 1.807) is 18.3 Å². The average molecular weight is 376 g/mol. The number of aromatic nitrogens is 1. The summed E-state index contributed by atoms with van der Waals surface area (Å²) < 4.78 is 53.9. The van der Waals surface area contributed by atoms with Crippen LogP contribution in [0.3, 0.4) is 0 Å². The first-order valence-electron chi connectivity index (χ1n) is 8.26. The molecule has 0 saturated heterocycles. The van der Waals surface area contributed by atoms with Crippen LogP contribution in [0.1, 0.15) is 30.0 Å². The first-order valence-corrected chi connectivity index (χ1v) is 10.1. The van der Waals surface area contributed by atoms with Crippen molar-refractivity contribution < 1.29 is 17.2 Å². The van der Waals surface area contributed by atoms with E-state index in [1.165, 1.54) is 6.07 Å². The lowest BCUT2D eigenvalue weighted by Gasteiger charge is -2.26. The van der Waals surface area contributed by atoms with Crippen LogP contribution in [0.2, 0.25) is 0 Å². The number of aryl methyl sites for hydroxylation is 1. The van der Waals surface area contributed by atoms with Gasteiger partial charge in [-0.15, -0.1) is 0 Å². The van der Waals surface area contributed by atoms with E-state index in [1.807, 2.05) is 13.0 Å². The third-order valence-corrected chi connectivity index (χ3v) is 5.78. The Morgan fingerprint density at radius 3 is 2.73 bits per heavy atom. The predicted molar refractivity (Wildman–Crippen MR) is 97.9 cm³/mol. The van der Waals surface area contributed by atoms with Gasteiger partial charge in [-0.05, 0) is 36.1 Å². The van der Waals surface area contributed by atoms with E-state index in [-0.39, 0.29) is 0 Å². The lowest BCUT2D eigenvalue weighted by molar-refractivity contribution is 0.516. The minimum absolute atomic E-state index is 0.442. The van der Waals surface area contributed by atoms with Gasteiger partial charge in [0, 0.05) is 28.6 Å². The van der Waals surface area contributed by atoms with Crippen LogP contribution in [-0.4, -0.2) is 19.7 Å². The number of anilines is 1. The Kier molecular flexibility index (Phi) is 3.63. The highest BCUT2D eigenvalue weighted by Crippen LogP contribution is 2.48. The van der Waals surface area contributed by atoms with Gasteiger partial charge >= 0.3 is 0 Å². The highest BCUT2D eigenvalue weighted by atomic mass is 32.2. The normalized spacial score (nSPS) is 19.7. The fourth-order valence-corrected chi connectivity index (χ4v) is 4.69. The first kappa shape index (κ1) is 17.0. The molecule has 1 heterocycles. The number of benzene rings is 2. The molecule has 2 N–H and O–H groups in total. The monoisotopic (exact) mass is 376 g/mol. The highest BCUT2D eigenvalue weighted by molar-refractivity contribution is 7.92. The van der Waals surface area contributed by atoms with Crippen LogP contribution in [0.5, 0.6) is 0 Å². The summed E-state index contributed by atoms with van der Waals surface area (Å²) in [6.45, 7) is 1.94. The Labute approximate surface area is 150 Å². The zero-order valence-corrected chi connectivity index (χ0v) is 15.2. The van der Waals surface area contributed by atoms with Crippen molar-refractivity contribution in [3.8, 4) is 0 Å². The molecule has 3 aromatic rings. The second kappa shape index (κ2) is 5.54. The van der Waals surface area contributed by atoms with E-state index in [0.717, 1.165) is 23.3 Å². The number of hydrogen-bond donors (Lipinski definition) is 2. The number of fused-ring (bicyclic) bond motifs is 2. The number of hydrogen-bond acceptors (Lipinski definition) is 2. The summed E-state index contributed by atoms with van der Waals surface area (Å²) in [5.41, 5.74) is 2.54. The van der Waals surface area contributed by atoms with Crippen LogP contribution in [0, 0.1) is 11.6 Å². The van der Waals surface area contributed by atoms with Crippen LogP contribution < -0.4 is 4.72 Å². The maximum Gasteiger partial charge on any atom is 0.229 e. The molecule has 0 bridgehead atoms. The molecule has 0 spiro atoms. The summed E-state index contributed by atoms with van der Waals surface area (Å²) in [4.78, 5) is 3.12. The molecule has 1 aliphatic rings. The lowest BCUT2D eigenvalue weighted by Crippen LogP contribution is -2.21. The molecule has 136 valence electrons. The minimum atomic E-state index is -3.43. The maximum absolute atomic E-state index is 14.6. The molecule has 0 radical (unpaired) electrons. The summed E-state index contributed by atoms with van der Waals surface area (Å²) in [7, 11) is -3.43. The molecule has 0 amide bonds. The topological polar surface area (TPSA) is 62.0 Å². The number of H-pyrrole nitrogens is 1. The van der Waals surface area contributed by atoms with Gasteiger partial charge < -0.3 is 4.98 Å². The van der Waals surface area contributed by atoms with Gasteiger partial charge in [0.05, 0.1) is 17.5 Å². The minimum Gasteiger partial charge on any atom is -0.359 e. The standard InChI is InChI=1S/C19H18F2N2O2S/c1-19(7-6-11-8-12(20)9-15(21)17(11)19)14-10-22-18-13(14)4-3-5-16(18)23-26(2,24)25/h3-5,8-10,22-23H,6-7H2,1-2H3. The molecule has 2 aromatic carbocycles. The first-order chi connectivity index (χ1) is 12.2. The largest absolute Gasteiger partial charge is 0.359 e. The van der Waals surface area contributed by atoms with Gasteiger partial charge in [0.15, 0.2) is 0 Å². The number of aromatic amines is 1. The Morgan fingerprint density at radius 1 is 1.23 bits per heavy atom. The van der Waals surface area contributed by atoms with Gasteiger partial charge in [-0.2, -0.15) is 0 Å². The van der Waals surface area contributed by atoms with E-state index >= 15 is 0 Å². The van der Waals surface area contributed by atoms with Crippen molar-refractivity contribution in [2.75, 3.05) is 11.0 Å². The zero-order valence-electron chi connectivity index (χ0n) is 14.4. The van der Waals surface area contributed by atoms with Gasteiger partial charge in [-0.25, -0.2) is 17.2 Å². The Balaban J connectivity index is 1.91. The molecule has 4 nitrogen and oxygen atoms in total. The fourth-order valence-electron chi connectivity index (χ4n) is 4.12. The fraction of sp³-hybridized carbons (Fsp3) is 0.263. The highest BCUT2D eigenvalue weighted by Gasteiger charge is 2.40. The number of para-hydroxylation sites is 1. The quantitative estimate of drug-likeness (QED) is 0.724. The van der Waals surface area contributed by atoms with Crippen LogP contribution in [0.4, 0.5) is 14.5 Å². The Bertz CT molecular complexity index is 1140. The van der Waals surface area contributed by atoms with Crippen LogP contribution in [-0.2, 0) is 21.9 Å². The molecule has 4 rings (SSSR count). The van der Waals surface area contributed by atoms with E-state index < -0.39 is 27.1 Å². The summed E-state index contributed by atoms with van der Waals surface area (Å²) in [6.07, 6.45) is 4.12. The number of rotatable bonds is 3. The van der Waals surface area contributed by atoms with Crippen molar-refractivity contribution in [3.05, 3.63) is 64.9 Å². The Morgan fingerprint density at radius 2 is 2.00 bits per heavy atom. The van der Waals surface area contributed by atoms with Gasteiger partial charge in [-0.3, -0.25) is 4.72 Å². The molecule has 0 fully saturated rings. The van der Waals surface area contributed by atoms with Crippen molar-refractivity contribution in [2.45, 2.75) is 25.2 Å². The predicted octanol–water partition coefficient (Wildman–Crippen LogP) is 4.07. The molecule has 0 aliphatic heterocycles. The number of sulfonamides is 1. The van der Waals surface area contributed by atoms with E-state index in [2.05, 4.69) is 9.71 Å². The second-order valence-electron chi connectivity index (χ2n) is 7.06. The molecule has 7 heteroatoms. The third-order valence-electron chi connectivity index (χ3n) is 5.19. The van der Waals surface area contributed by atoms with Crippen molar-refractivity contribution >= 4 is 26.6 Å². The molecule has 1 atom stereocenters. The summed E-state index contributed by atoms with van der Waals surface area (Å²) >= 11 is 0. The van der Waals surface area contributed by atoms with Crippen LogP contribution in [0.15, 0.2) is 36.5 Å². The van der Waals surface area contributed by atoms with Gasteiger partial charge in [0.2, 0.25) is 10.0 Å². The molecule has 1 unspecified atom stereocenters. The molecular weight excluding hydrogens is 358 g/mol. The Hall–Kier alpha value is -2.41. The second-order valence-corrected chi connectivity index (χ2v) is 8.81. The third kappa shape index (κ3) is 2.58. The lowest BCUT2D eigenvalue weighted by atomic mass is 9.77. The molecular formula is C19H18F2N2O2S. The van der Waals surface area contributed by atoms with Gasteiger partial charge in [-0.1, -0.05) is 19.1 Å². The SMILES string of the molecule is CC1(c2c[nH]c3c(NS(C)(=O)=O)cccc23)CCc2cc(F)cc(F)c21. The van der Waals surface area contributed by atoms with Gasteiger partial charge in [0.1, 0.15) is 11.6 Å². The van der Waals surface area contributed by atoms with E-state index in [4.69, 9.17) is 0 Å². The summed E-state index contributed by atoms with van der Waals surface area (Å²) in [5, 5.41) is 0.817. The van der Waals surface area contributed by atoms with Crippen LogP contribution in [0.25, 0.3) is 10.9 Å². The molecule has 26 heavy (non-hydrogen) atoms. The van der Waals surface area contributed by atoms with Crippen LogP contribution >= 0.6 is 0 Å². The van der Waals surface area contributed by atoms with Crippen molar-refractivity contribution in [1.29, 1.82) is 0 Å². The number of halogens is 2. The maximum atomic E-state index is 14.6. The van der Waals surface area contributed by atoms with Crippen molar-refractivity contribution in [3.63, 3.8) is 0 Å². The van der Waals surface area contributed by atoms with E-state index in [9.17, 15) is 17.2 Å². The summed E-state index contributed by atoms with van der Waals surface area (Å²) in [5.74, 6) is -1.11. The van der Waals surface area contributed by atoms with Crippen molar-refractivity contribution in [2.24, 2.45) is 0 Å².